The molecule has 1 aliphatic heterocycles. The first kappa shape index (κ1) is 58.8. The molecule has 1 aliphatic rings. The van der Waals surface area contributed by atoms with Crippen LogP contribution in [0.4, 0.5) is 18.0 Å². The van der Waals surface area contributed by atoms with E-state index >= 15 is 0 Å². The Kier molecular flexibility index (Phi) is 36.7. The first-order valence-corrected chi connectivity index (χ1v) is 21.8. The number of carbonyl (C=O) groups excluding carboxylic acids is 5. The average molecular weight is 882 g/mol. The maximum Gasteiger partial charge on any atom is 0.423 e. The fourth-order valence-corrected chi connectivity index (χ4v) is 5.83. The van der Waals surface area contributed by atoms with Gasteiger partial charge in [0.05, 0.1) is 32.5 Å². The van der Waals surface area contributed by atoms with Gasteiger partial charge in [-0.05, 0) is 63.9 Å². The molecule has 1 saturated heterocycles. The molecule has 2 atom stereocenters. The van der Waals surface area contributed by atoms with Gasteiger partial charge in [-0.15, -0.1) is 0 Å². The van der Waals surface area contributed by atoms with Crippen LogP contribution in [0.3, 0.4) is 0 Å². The molecule has 1 fully saturated rings. The Morgan fingerprint density at radius 1 is 0.883 bits per heavy atom. The van der Waals surface area contributed by atoms with Crippen LogP contribution in [-0.4, -0.2) is 127 Å². The summed E-state index contributed by atoms with van der Waals surface area (Å²) in [6, 6.07) is 5.44. The van der Waals surface area contributed by atoms with E-state index in [4.69, 9.17) is 25.7 Å². The highest BCUT2D eigenvalue weighted by Gasteiger charge is 2.50. The minimum absolute atomic E-state index is 0.0106. The number of unbranched alkanes of at least 4 members (excludes halogenated alkanes) is 2. The van der Waals surface area contributed by atoms with Crippen molar-refractivity contribution in [2.45, 2.75) is 109 Å². The molecule has 0 aromatic heterocycles. The Bertz CT molecular complexity index is 1260. The van der Waals surface area contributed by atoms with Gasteiger partial charge in [0.2, 0.25) is 12.3 Å². The third-order valence-corrected chi connectivity index (χ3v) is 9.70. The molecule has 1 aromatic carbocycles. The maximum atomic E-state index is 12.4. The van der Waals surface area contributed by atoms with Crippen molar-refractivity contribution in [2.75, 3.05) is 78.3 Å². The topological polar surface area (TPSA) is 225 Å². The van der Waals surface area contributed by atoms with Crippen molar-refractivity contribution in [1.29, 1.82) is 0 Å². The molecule has 15 nitrogen and oxygen atoms in total. The Hall–Kier alpha value is -3.33. The molecule has 2 rings (SSSR count). The fraction of sp³-hybridized carbons (Fsp3) is 0.732. The SMILES string of the molecule is CC(C)C(=O)CCC(C=O)NC=O.CCCCCC(=O)NCCCOCCOCCOCCCNC.CNC(=O)NC1CCSC1.Cc1ccc(C(N)(N)C(F)(F)F)cc1. The molecule has 60 heavy (non-hydrogen) atoms. The number of urea groups is 1. The maximum absolute atomic E-state index is 12.4. The Morgan fingerprint density at radius 2 is 1.47 bits per heavy atom. The molecular weight excluding hydrogens is 808 g/mol. The minimum atomic E-state index is -4.65. The van der Waals surface area contributed by atoms with Crippen LogP contribution in [0.15, 0.2) is 24.3 Å². The van der Waals surface area contributed by atoms with E-state index in [1.807, 2.05) is 32.7 Å². The molecule has 0 radical (unpaired) electrons. The predicted octanol–water partition coefficient (Wildman–Crippen LogP) is 4.09. The first-order chi connectivity index (χ1) is 28.5. The number of benzene rings is 1. The molecule has 0 aliphatic carbocycles. The van der Waals surface area contributed by atoms with Gasteiger partial charge in [0.25, 0.3) is 0 Å². The number of rotatable bonds is 27. The molecule has 348 valence electrons. The van der Waals surface area contributed by atoms with Gasteiger partial charge in [0, 0.05) is 57.4 Å². The number of hydrogen-bond donors (Lipinski definition) is 7. The second kappa shape index (κ2) is 37.4. The van der Waals surface area contributed by atoms with Gasteiger partial charge in [-0.1, -0.05) is 63.4 Å². The third-order valence-electron chi connectivity index (χ3n) is 8.54. The van der Waals surface area contributed by atoms with Crippen molar-refractivity contribution in [3.63, 3.8) is 0 Å². The highest BCUT2D eigenvalue weighted by Crippen LogP contribution is 2.32. The second-order valence-electron chi connectivity index (χ2n) is 14.2. The van der Waals surface area contributed by atoms with Crippen molar-refractivity contribution in [3.8, 4) is 0 Å². The number of alkyl halides is 3. The van der Waals surface area contributed by atoms with Crippen LogP contribution >= 0.6 is 11.8 Å². The Morgan fingerprint density at radius 3 is 1.93 bits per heavy atom. The average Bonchev–Trinajstić information content (AvgIpc) is 3.73. The van der Waals surface area contributed by atoms with E-state index in [1.165, 1.54) is 30.0 Å². The number of hydrogen-bond acceptors (Lipinski definition) is 12. The second-order valence-corrected chi connectivity index (χ2v) is 15.3. The number of nitrogens with one attached hydrogen (secondary N) is 5. The first-order valence-electron chi connectivity index (χ1n) is 20.6. The van der Waals surface area contributed by atoms with E-state index in [0.717, 1.165) is 63.0 Å². The molecule has 0 spiro atoms. The number of ether oxygens (including phenoxy) is 3. The van der Waals surface area contributed by atoms with Crippen molar-refractivity contribution in [3.05, 3.63) is 35.4 Å². The number of halogens is 3. The molecule has 19 heteroatoms. The number of nitrogens with two attached hydrogens (primary N) is 2. The lowest BCUT2D eigenvalue weighted by molar-refractivity contribution is -0.188. The highest BCUT2D eigenvalue weighted by molar-refractivity contribution is 7.99. The van der Waals surface area contributed by atoms with Crippen molar-refractivity contribution in [1.82, 2.24) is 26.6 Å². The summed E-state index contributed by atoms with van der Waals surface area (Å²) in [5.41, 5.74) is 7.97. The van der Waals surface area contributed by atoms with Crippen LogP contribution in [0.2, 0.25) is 0 Å². The summed E-state index contributed by atoms with van der Waals surface area (Å²) in [7, 11) is 3.57. The van der Waals surface area contributed by atoms with Crippen molar-refractivity contribution < 1.29 is 51.4 Å². The van der Waals surface area contributed by atoms with E-state index < -0.39 is 17.9 Å². The largest absolute Gasteiger partial charge is 0.423 e. The van der Waals surface area contributed by atoms with Gasteiger partial charge >= 0.3 is 12.2 Å². The predicted molar refractivity (Wildman–Crippen MR) is 232 cm³/mol. The summed E-state index contributed by atoms with van der Waals surface area (Å²) >= 11 is 1.89. The molecule has 1 heterocycles. The monoisotopic (exact) mass is 882 g/mol. The molecule has 2 unspecified atom stereocenters. The lowest BCUT2D eigenvalue weighted by atomic mass is 10.00. The number of carbonyl (C=O) groups is 5. The number of amides is 4. The zero-order valence-corrected chi connectivity index (χ0v) is 37.4. The number of Topliss-reactive ketones (excluding diaryl/α,β-unsaturated/α-hetero) is 1. The summed E-state index contributed by atoms with van der Waals surface area (Å²) in [6.07, 6.45) is 4.05. The van der Waals surface area contributed by atoms with E-state index in [9.17, 15) is 37.1 Å². The normalized spacial score (nSPS) is 13.9. The molecular formula is C41H74F3N7O8S. The third kappa shape index (κ3) is 32.4. The summed E-state index contributed by atoms with van der Waals surface area (Å²) in [6.45, 7) is 13.0. The number of ketones is 1. The van der Waals surface area contributed by atoms with Gasteiger partial charge in [0.15, 0.2) is 5.66 Å². The smallest absolute Gasteiger partial charge is 0.379 e. The summed E-state index contributed by atoms with van der Waals surface area (Å²) in [5.74, 6) is 2.49. The van der Waals surface area contributed by atoms with Gasteiger partial charge in [-0.2, -0.15) is 24.9 Å². The van der Waals surface area contributed by atoms with Crippen LogP contribution in [0.1, 0.15) is 89.7 Å². The lowest BCUT2D eigenvalue weighted by Crippen LogP contribution is -2.57. The van der Waals surface area contributed by atoms with Gasteiger partial charge in [0.1, 0.15) is 12.1 Å². The minimum Gasteiger partial charge on any atom is -0.379 e. The standard InChI is InChI=1S/C17H36N2O4.C9H11F3N2.C9H15NO3.C6H12N2OS/c1-3-4-5-8-17(20)19-10-7-12-22-14-16-23-15-13-21-11-6-9-18-2;1-6-2-4-7(5-3-6)8(13,14)9(10,11)12;1-7(2)9(13)4-3-8(5-11)10-6-12;1-7-6(9)8-5-2-3-10-4-5/h18H,3-16H2,1-2H3,(H,19,20);2-5H,13-14H2,1H3;5-8H,3-4H2,1-2H3,(H,10,12);5H,2-4H2,1H3,(H2,7,8,9). The fourth-order valence-electron chi connectivity index (χ4n) is 4.68. The van der Waals surface area contributed by atoms with E-state index in [0.29, 0.717) is 77.6 Å². The van der Waals surface area contributed by atoms with Gasteiger partial charge in [-0.3, -0.25) is 14.4 Å². The van der Waals surface area contributed by atoms with E-state index in [2.05, 4.69) is 33.5 Å². The zero-order valence-electron chi connectivity index (χ0n) is 36.6. The molecule has 1 aromatic rings. The van der Waals surface area contributed by atoms with Gasteiger partial charge in [-0.25, -0.2) is 4.79 Å². The van der Waals surface area contributed by atoms with Crippen molar-refractivity contribution >= 4 is 42.2 Å². The summed E-state index contributed by atoms with van der Waals surface area (Å²) in [5, 5.41) is 13.7. The summed E-state index contributed by atoms with van der Waals surface area (Å²) < 4.78 is 53.4. The number of aldehydes is 1. The Balaban J connectivity index is 0. The van der Waals surface area contributed by atoms with E-state index in [1.54, 1.807) is 14.0 Å². The quantitative estimate of drug-likeness (QED) is 0.0377. The van der Waals surface area contributed by atoms with E-state index in [-0.39, 0.29) is 29.2 Å². The van der Waals surface area contributed by atoms with Gasteiger partial charge < -0.3 is 57.1 Å². The molecule has 0 bridgehead atoms. The lowest BCUT2D eigenvalue weighted by Gasteiger charge is -2.27. The molecule has 4 amide bonds. The number of thioether (sulfide) groups is 1. The number of aryl methyl sites for hydroxylation is 1. The highest BCUT2D eigenvalue weighted by atomic mass is 32.2. The van der Waals surface area contributed by atoms with Crippen LogP contribution in [0, 0.1) is 12.8 Å². The van der Waals surface area contributed by atoms with Crippen molar-refractivity contribution in [2.24, 2.45) is 17.4 Å². The zero-order chi connectivity index (χ0) is 45.7. The van der Waals surface area contributed by atoms with Crippen LogP contribution in [-0.2, 0) is 39.1 Å². The van der Waals surface area contributed by atoms with Crippen LogP contribution in [0.5, 0.6) is 0 Å². The summed E-state index contributed by atoms with van der Waals surface area (Å²) in [4.78, 5) is 53.7. The van der Waals surface area contributed by atoms with Crippen LogP contribution in [0.25, 0.3) is 0 Å². The molecule has 0 saturated carbocycles. The Labute approximate surface area is 359 Å². The van der Waals surface area contributed by atoms with Crippen LogP contribution < -0.4 is 38.1 Å². The molecule has 9 N–H and O–H groups in total.